The predicted molar refractivity (Wildman–Crippen MR) is 67.9 cm³/mol. The van der Waals surface area contributed by atoms with Gasteiger partial charge in [0.25, 0.3) is 0 Å². The third-order valence-corrected chi connectivity index (χ3v) is 3.44. The summed E-state index contributed by atoms with van der Waals surface area (Å²) < 4.78 is 1.73. The van der Waals surface area contributed by atoms with E-state index in [4.69, 9.17) is 23.2 Å². The average Bonchev–Trinajstić information content (AvgIpc) is 3.08. The van der Waals surface area contributed by atoms with Crippen molar-refractivity contribution in [3.8, 4) is 5.82 Å². The molecule has 2 heterocycles. The maximum absolute atomic E-state index is 6.17. The highest BCUT2D eigenvalue weighted by Gasteiger charge is 2.26. The van der Waals surface area contributed by atoms with Gasteiger partial charge in [-0.25, -0.2) is 9.67 Å². The van der Waals surface area contributed by atoms with Crippen LogP contribution in [-0.2, 0) is 5.88 Å². The Balaban J connectivity index is 1.96. The largest absolute Gasteiger partial charge is 0.235 e. The molecular formula is C12H11Cl2N3. The van der Waals surface area contributed by atoms with Gasteiger partial charge in [-0.1, -0.05) is 11.6 Å². The zero-order chi connectivity index (χ0) is 11.8. The third-order valence-electron chi connectivity index (χ3n) is 2.86. The van der Waals surface area contributed by atoms with Crippen molar-refractivity contribution in [1.29, 1.82) is 0 Å². The number of nitrogens with zero attached hydrogens (tertiary/aromatic N) is 3. The van der Waals surface area contributed by atoms with Crippen molar-refractivity contribution < 1.29 is 0 Å². The van der Waals surface area contributed by atoms with E-state index in [0.717, 1.165) is 11.3 Å². The second-order valence-corrected chi connectivity index (χ2v) is 4.92. The Bertz CT molecular complexity index is 546. The summed E-state index contributed by atoms with van der Waals surface area (Å²) >= 11 is 11.9. The van der Waals surface area contributed by atoms with Crippen LogP contribution in [0.25, 0.3) is 5.82 Å². The standard InChI is InChI=1S/C12H11Cl2N3/c13-6-8-5-10(14)12(15-7-8)17-4-3-11(16-17)9-1-2-9/h3-5,7,9H,1-2,6H2. The maximum Gasteiger partial charge on any atom is 0.172 e. The van der Waals surface area contributed by atoms with E-state index >= 15 is 0 Å². The first-order chi connectivity index (χ1) is 8.28. The van der Waals surface area contributed by atoms with Gasteiger partial charge >= 0.3 is 0 Å². The Morgan fingerprint density at radius 3 is 2.88 bits per heavy atom. The molecule has 1 fully saturated rings. The summed E-state index contributed by atoms with van der Waals surface area (Å²) in [6, 6.07) is 3.86. The monoisotopic (exact) mass is 267 g/mol. The normalized spacial score (nSPS) is 15.2. The molecule has 88 valence electrons. The van der Waals surface area contributed by atoms with Crippen LogP contribution < -0.4 is 0 Å². The predicted octanol–water partition coefficient (Wildman–Crippen LogP) is 3.54. The van der Waals surface area contributed by atoms with Crippen molar-refractivity contribution in [2.75, 3.05) is 0 Å². The van der Waals surface area contributed by atoms with Crippen LogP contribution in [0.5, 0.6) is 0 Å². The van der Waals surface area contributed by atoms with E-state index < -0.39 is 0 Å². The molecule has 0 aliphatic heterocycles. The topological polar surface area (TPSA) is 30.7 Å². The lowest BCUT2D eigenvalue weighted by Crippen LogP contribution is -2.00. The fourth-order valence-corrected chi connectivity index (χ4v) is 2.19. The zero-order valence-corrected chi connectivity index (χ0v) is 10.6. The highest BCUT2D eigenvalue weighted by Crippen LogP contribution is 2.39. The fourth-order valence-electron chi connectivity index (χ4n) is 1.76. The molecule has 5 heteroatoms. The van der Waals surface area contributed by atoms with E-state index in [9.17, 15) is 0 Å². The number of hydrogen-bond donors (Lipinski definition) is 0. The molecule has 2 aromatic heterocycles. The first-order valence-electron chi connectivity index (χ1n) is 5.54. The van der Waals surface area contributed by atoms with Crippen molar-refractivity contribution in [3.63, 3.8) is 0 Å². The van der Waals surface area contributed by atoms with Crippen LogP contribution in [0.1, 0.15) is 30.0 Å². The summed E-state index contributed by atoms with van der Waals surface area (Å²) in [4.78, 5) is 4.30. The van der Waals surface area contributed by atoms with Crippen molar-refractivity contribution >= 4 is 23.2 Å². The molecular weight excluding hydrogens is 257 g/mol. The third kappa shape index (κ3) is 2.17. The van der Waals surface area contributed by atoms with E-state index in [1.165, 1.54) is 12.8 Å². The minimum atomic E-state index is 0.416. The molecule has 0 N–H and O–H groups in total. The first kappa shape index (κ1) is 11.1. The molecule has 3 rings (SSSR count). The van der Waals surface area contributed by atoms with Crippen molar-refractivity contribution in [2.24, 2.45) is 0 Å². The Kier molecular flexibility index (Phi) is 2.81. The molecule has 1 aliphatic carbocycles. The van der Waals surface area contributed by atoms with Gasteiger partial charge < -0.3 is 0 Å². The van der Waals surface area contributed by atoms with E-state index in [1.807, 2.05) is 18.3 Å². The average molecular weight is 268 g/mol. The Labute approximate surface area is 109 Å². The fraction of sp³-hybridized carbons (Fsp3) is 0.333. The number of pyridine rings is 1. The van der Waals surface area contributed by atoms with E-state index in [-0.39, 0.29) is 0 Å². The molecule has 2 aromatic rings. The van der Waals surface area contributed by atoms with Crippen LogP contribution >= 0.6 is 23.2 Å². The van der Waals surface area contributed by atoms with Gasteiger partial charge in [0.15, 0.2) is 5.82 Å². The maximum atomic E-state index is 6.17. The van der Waals surface area contributed by atoms with Crippen LogP contribution in [0.3, 0.4) is 0 Å². The molecule has 0 saturated heterocycles. The summed E-state index contributed by atoms with van der Waals surface area (Å²) in [5.74, 6) is 1.71. The molecule has 3 nitrogen and oxygen atoms in total. The van der Waals surface area contributed by atoms with Gasteiger partial charge in [0.05, 0.1) is 10.7 Å². The second-order valence-electron chi connectivity index (χ2n) is 4.24. The van der Waals surface area contributed by atoms with Gasteiger partial charge in [-0.2, -0.15) is 5.10 Å². The van der Waals surface area contributed by atoms with E-state index in [1.54, 1.807) is 10.9 Å². The number of halogens is 2. The van der Waals surface area contributed by atoms with Gasteiger partial charge in [-0.15, -0.1) is 11.6 Å². The van der Waals surface area contributed by atoms with Crippen molar-refractivity contribution in [2.45, 2.75) is 24.6 Å². The second kappa shape index (κ2) is 4.31. The molecule has 0 unspecified atom stereocenters. The lowest BCUT2D eigenvalue weighted by Gasteiger charge is -2.04. The van der Waals surface area contributed by atoms with Gasteiger partial charge in [-0.3, -0.25) is 0 Å². The summed E-state index contributed by atoms with van der Waals surface area (Å²) in [5, 5.41) is 5.07. The molecule has 0 bridgehead atoms. The van der Waals surface area contributed by atoms with Crippen LogP contribution in [0, 0.1) is 0 Å². The van der Waals surface area contributed by atoms with Gasteiger partial charge in [0.1, 0.15) is 0 Å². The molecule has 0 radical (unpaired) electrons. The first-order valence-corrected chi connectivity index (χ1v) is 6.45. The minimum Gasteiger partial charge on any atom is -0.235 e. The van der Waals surface area contributed by atoms with E-state index in [2.05, 4.69) is 10.1 Å². The van der Waals surface area contributed by atoms with Crippen LogP contribution in [0.15, 0.2) is 24.5 Å². The van der Waals surface area contributed by atoms with Crippen LogP contribution in [-0.4, -0.2) is 14.8 Å². The molecule has 1 aliphatic rings. The molecule has 0 atom stereocenters. The van der Waals surface area contributed by atoms with Gasteiger partial charge in [-0.05, 0) is 30.5 Å². The Morgan fingerprint density at radius 2 is 2.24 bits per heavy atom. The summed E-state index contributed by atoms with van der Waals surface area (Å²) in [6.07, 6.45) is 6.11. The smallest absolute Gasteiger partial charge is 0.172 e. The van der Waals surface area contributed by atoms with Crippen molar-refractivity contribution in [3.05, 3.63) is 40.8 Å². The molecule has 0 amide bonds. The summed E-state index contributed by atoms with van der Waals surface area (Å²) in [6.45, 7) is 0. The molecule has 1 saturated carbocycles. The summed E-state index contributed by atoms with van der Waals surface area (Å²) in [5.41, 5.74) is 2.04. The lowest BCUT2D eigenvalue weighted by atomic mass is 10.3. The van der Waals surface area contributed by atoms with Crippen molar-refractivity contribution in [1.82, 2.24) is 14.8 Å². The number of rotatable bonds is 3. The molecule has 0 aromatic carbocycles. The van der Waals surface area contributed by atoms with Crippen LogP contribution in [0.4, 0.5) is 0 Å². The Morgan fingerprint density at radius 1 is 1.41 bits per heavy atom. The number of aromatic nitrogens is 3. The highest BCUT2D eigenvalue weighted by molar-refractivity contribution is 6.32. The number of hydrogen-bond acceptors (Lipinski definition) is 2. The zero-order valence-electron chi connectivity index (χ0n) is 9.11. The quantitative estimate of drug-likeness (QED) is 0.797. The lowest BCUT2D eigenvalue weighted by molar-refractivity contribution is 0.812. The van der Waals surface area contributed by atoms with E-state index in [0.29, 0.717) is 22.6 Å². The van der Waals surface area contributed by atoms with Gasteiger partial charge in [0.2, 0.25) is 0 Å². The number of alkyl halides is 1. The Hall–Kier alpha value is -1.06. The SMILES string of the molecule is ClCc1cnc(-n2ccc(C3CC3)n2)c(Cl)c1. The van der Waals surface area contributed by atoms with Gasteiger partial charge in [0, 0.05) is 24.2 Å². The molecule has 0 spiro atoms. The minimum absolute atomic E-state index is 0.416. The highest BCUT2D eigenvalue weighted by atomic mass is 35.5. The summed E-state index contributed by atoms with van der Waals surface area (Å²) in [7, 11) is 0. The van der Waals surface area contributed by atoms with Crippen LogP contribution in [0.2, 0.25) is 5.02 Å². The molecule has 17 heavy (non-hydrogen) atoms.